The fourth-order valence-corrected chi connectivity index (χ4v) is 1.64. The molecule has 1 rings (SSSR count). The molecule has 0 spiro atoms. The lowest BCUT2D eigenvalue weighted by Crippen LogP contribution is -2.81. The van der Waals surface area contributed by atoms with Gasteiger partial charge < -0.3 is 10.8 Å². The second kappa shape index (κ2) is 8.97. The molecule has 0 fully saturated rings. The number of aryl methyl sites for hydroxylation is 1. The molecule has 0 amide bonds. The molecule has 0 saturated carbocycles. The highest BCUT2D eigenvalue weighted by atomic mass is 16.0. The van der Waals surface area contributed by atoms with Crippen molar-refractivity contribution in [1.82, 2.24) is 0 Å². The summed E-state index contributed by atoms with van der Waals surface area (Å²) in [5.41, 5.74) is 4.34. The first-order valence-electron chi connectivity index (χ1n) is 6.21. The van der Waals surface area contributed by atoms with Gasteiger partial charge in [0, 0.05) is 6.92 Å². The molecule has 0 bridgehead atoms. The van der Waals surface area contributed by atoms with Gasteiger partial charge in [-0.05, 0) is 44.2 Å². The van der Waals surface area contributed by atoms with E-state index in [-0.39, 0.29) is 5.48 Å². The number of benzene rings is 1. The third-order valence-electron chi connectivity index (χ3n) is 3.00. The summed E-state index contributed by atoms with van der Waals surface area (Å²) < 4.78 is 0. The minimum atomic E-state index is 0. The van der Waals surface area contributed by atoms with Crippen molar-refractivity contribution in [3.05, 3.63) is 47.2 Å². The van der Waals surface area contributed by atoms with Crippen LogP contribution in [-0.2, 0) is 6.42 Å². The lowest BCUT2D eigenvalue weighted by molar-refractivity contribution is -0.607. The van der Waals surface area contributed by atoms with Crippen molar-refractivity contribution >= 4 is 0 Å². The number of unbranched alkanes of at least 4 members (excludes halogenated alkanes) is 1. The quantitative estimate of drug-likeness (QED) is 0.757. The normalized spacial score (nSPS) is 9.59. The van der Waals surface area contributed by atoms with Crippen molar-refractivity contribution in [2.45, 2.75) is 40.0 Å². The molecule has 0 aliphatic rings. The maximum absolute atomic E-state index is 2.36. The zero-order valence-corrected chi connectivity index (χ0v) is 11.2. The minimum absolute atomic E-state index is 0. The molecule has 2 nitrogen and oxygen atoms in total. The van der Waals surface area contributed by atoms with Crippen LogP contribution in [0.15, 0.2) is 41.6 Å². The summed E-state index contributed by atoms with van der Waals surface area (Å²) in [6.07, 6.45) is 3.79. The molecule has 96 valence electrons. The maximum atomic E-state index is 2.36. The lowest BCUT2D eigenvalue weighted by Gasteiger charge is -2.03. The first kappa shape index (κ1) is 15.9. The third kappa shape index (κ3) is 6.93. The van der Waals surface area contributed by atoms with E-state index in [0.717, 1.165) is 0 Å². The molecule has 0 radical (unpaired) electrons. The molecular formula is C15H25NO. The Morgan fingerprint density at radius 1 is 1.00 bits per heavy atom. The number of hydrogen-bond acceptors (Lipinski definition) is 1. The smallest absolute Gasteiger partial charge is 0.101 e. The van der Waals surface area contributed by atoms with E-state index in [9.17, 15) is 0 Å². The van der Waals surface area contributed by atoms with Gasteiger partial charge in [0.05, 0.1) is 6.54 Å². The molecular weight excluding hydrogens is 210 g/mol. The first-order valence-corrected chi connectivity index (χ1v) is 6.21. The van der Waals surface area contributed by atoms with Crippen LogP contribution in [-0.4, -0.2) is 12.0 Å². The van der Waals surface area contributed by atoms with Gasteiger partial charge in [0.1, 0.15) is 5.70 Å². The van der Waals surface area contributed by atoms with Gasteiger partial charge in [-0.1, -0.05) is 30.3 Å². The summed E-state index contributed by atoms with van der Waals surface area (Å²) in [5, 5.41) is 2.36. The number of nitrogens with two attached hydrogens (primary N) is 1. The Hall–Kier alpha value is -1.12. The number of quaternary nitrogens is 1. The van der Waals surface area contributed by atoms with Gasteiger partial charge in [-0.15, -0.1) is 0 Å². The lowest BCUT2D eigenvalue weighted by atomic mass is 10.1. The Kier molecular flexibility index (Phi) is 8.38. The Labute approximate surface area is 105 Å². The van der Waals surface area contributed by atoms with Crippen LogP contribution < -0.4 is 5.32 Å². The Balaban J connectivity index is 0.00000256. The molecule has 0 heterocycles. The van der Waals surface area contributed by atoms with Crippen LogP contribution in [0.1, 0.15) is 39.2 Å². The Bertz CT molecular complexity index is 326. The van der Waals surface area contributed by atoms with Crippen LogP contribution in [0.4, 0.5) is 0 Å². The highest BCUT2D eigenvalue weighted by molar-refractivity contribution is 5.14. The molecule has 3 N–H and O–H groups in total. The van der Waals surface area contributed by atoms with Gasteiger partial charge >= 0.3 is 0 Å². The minimum Gasteiger partial charge on any atom is -0.870 e. The van der Waals surface area contributed by atoms with E-state index in [1.54, 1.807) is 0 Å². The number of allylic oxidation sites excluding steroid dienone is 2. The average molecular weight is 235 g/mol. The summed E-state index contributed by atoms with van der Waals surface area (Å²) in [7, 11) is 0. The largest absolute Gasteiger partial charge is 0.870 e. The average Bonchev–Trinajstić information content (AvgIpc) is 2.29. The highest BCUT2D eigenvalue weighted by Gasteiger charge is 1.97. The monoisotopic (exact) mass is 235 g/mol. The molecule has 1 aromatic carbocycles. The second-order valence-electron chi connectivity index (χ2n) is 4.62. The Morgan fingerprint density at radius 2 is 1.65 bits per heavy atom. The van der Waals surface area contributed by atoms with E-state index in [1.165, 1.54) is 42.6 Å². The maximum Gasteiger partial charge on any atom is 0.101 e. The van der Waals surface area contributed by atoms with Crippen molar-refractivity contribution in [3.63, 3.8) is 0 Å². The molecule has 0 aliphatic carbocycles. The van der Waals surface area contributed by atoms with Crippen LogP contribution in [0.25, 0.3) is 0 Å². The fourth-order valence-electron chi connectivity index (χ4n) is 1.64. The van der Waals surface area contributed by atoms with Crippen molar-refractivity contribution in [2.75, 3.05) is 6.54 Å². The highest BCUT2D eigenvalue weighted by Crippen LogP contribution is 2.03. The van der Waals surface area contributed by atoms with Crippen LogP contribution in [0, 0.1) is 0 Å². The summed E-state index contributed by atoms with van der Waals surface area (Å²) in [5.74, 6) is 0. The van der Waals surface area contributed by atoms with E-state index >= 15 is 0 Å². The molecule has 0 aliphatic heterocycles. The summed E-state index contributed by atoms with van der Waals surface area (Å²) in [6, 6.07) is 10.7. The zero-order valence-electron chi connectivity index (χ0n) is 11.2. The summed E-state index contributed by atoms with van der Waals surface area (Å²) >= 11 is 0. The van der Waals surface area contributed by atoms with Gasteiger partial charge in [-0.3, -0.25) is 0 Å². The van der Waals surface area contributed by atoms with E-state index in [4.69, 9.17) is 0 Å². The Morgan fingerprint density at radius 3 is 2.24 bits per heavy atom. The summed E-state index contributed by atoms with van der Waals surface area (Å²) in [4.78, 5) is 0. The fraction of sp³-hybridized carbons (Fsp3) is 0.467. The van der Waals surface area contributed by atoms with E-state index in [1.807, 2.05) is 0 Å². The van der Waals surface area contributed by atoms with Gasteiger partial charge in [-0.2, -0.15) is 0 Å². The van der Waals surface area contributed by atoms with Gasteiger partial charge in [-0.25, -0.2) is 0 Å². The zero-order chi connectivity index (χ0) is 11.8. The summed E-state index contributed by atoms with van der Waals surface area (Å²) in [6.45, 7) is 7.77. The standard InChI is InChI=1S/C15H23N.H2O/c1-13(2)14(3)16-12-8-7-11-15-9-5-4-6-10-15;/h4-6,9-10,16H,7-8,11-12H2,1-3H3;1H2. The van der Waals surface area contributed by atoms with E-state index in [2.05, 4.69) is 56.4 Å². The molecule has 2 heteroatoms. The number of hydrogen-bond donors (Lipinski definition) is 1. The van der Waals surface area contributed by atoms with Crippen molar-refractivity contribution in [3.8, 4) is 0 Å². The predicted octanol–water partition coefficient (Wildman–Crippen LogP) is 2.71. The molecule has 0 unspecified atom stereocenters. The van der Waals surface area contributed by atoms with E-state index < -0.39 is 0 Å². The topological polar surface area (TPSA) is 46.6 Å². The van der Waals surface area contributed by atoms with Gasteiger partial charge in [0.25, 0.3) is 0 Å². The molecule has 1 aromatic rings. The van der Waals surface area contributed by atoms with Gasteiger partial charge in [0.15, 0.2) is 0 Å². The molecule has 17 heavy (non-hydrogen) atoms. The van der Waals surface area contributed by atoms with E-state index in [0.29, 0.717) is 0 Å². The van der Waals surface area contributed by atoms with Crippen molar-refractivity contribution in [1.29, 1.82) is 0 Å². The van der Waals surface area contributed by atoms with Crippen LogP contribution in [0.3, 0.4) is 0 Å². The third-order valence-corrected chi connectivity index (χ3v) is 3.00. The SMILES string of the molecule is CC(C)=C(C)[NH2+]CCCCc1ccccc1.[OH-]. The van der Waals surface area contributed by atoms with Crippen LogP contribution >= 0.6 is 0 Å². The van der Waals surface area contributed by atoms with Crippen LogP contribution in [0.2, 0.25) is 0 Å². The van der Waals surface area contributed by atoms with Crippen LogP contribution in [0.5, 0.6) is 0 Å². The second-order valence-corrected chi connectivity index (χ2v) is 4.62. The van der Waals surface area contributed by atoms with Crippen molar-refractivity contribution < 1.29 is 10.8 Å². The molecule has 0 atom stereocenters. The number of rotatable bonds is 6. The first-order chi connectivity index (χ1) is 7.70. The van der Waals surface area contributed by atoms with Gasteiger partial charge in [0.2, 0.25) is 0 Å². The van der Waals surface area contributed by atoms with Crippen molar-refractivity contribution in [2.24, 2.45) is 0 Å². The predicted molar refractivity (Wildman–Crippen MR) is 72.2 cm³/mol. The molecule has 0 aromatic heterocycles. The molecule has 0 saturated heterocycles.